The van der Waals surface area contributed by atoms with Crippen LogP contribution in [0.3, 0.4) is 0 Å². The third-order valence-corrected chi connectivity index (χ3v) is 11.2. The van der Waals surface area contributed by atoms with Gasteiger partial charge in [0.25, 0.3) is 0 Å². The Hall–Kier alpha value is -6.96. The normalized spacial score (nSPS) is 13.5. The minimum absolute atomic E-state index is 0.423. The van der Waals surface area contributed by atoms with Crippen molar-refractivity contribution >= 4 is 44.7 Å². The van der Waals surface area contributed by atoms with E-state index in [2.05, 4.69) is 223 Å². The zero-order valence-corrected chi connectivity index (χ0v) is 30.5. The molecule has 1 unspecified atom stereocenters. The third kappa shape index (κ3) is 6.51. The maximum absolute atomic E-state index is 2.35. The largest absolute Gasteiger partial charge is 0.310 e. The van der Waals surface area contributed by atoms with Gasteiger partial charge in [-0.1, -0.05) is 164 Å². The van der Waals surface area contributed by atoms with Crippen LogP contribution in [0, 0.1) is 0 Å². The van der Waals surface area contributed by atoms with Gasteiger partial charge in [0.15, 0.2) is 0 Å². The number of anilines is 3. The smallest absolute Gasteiger partial charge is 0.0468 e. The number of rotatable bonds is 7. The van der Waals surface area contributed by atoms with Crippen molar-refractivity contribution in [3.05, 3.63) is 229 Å². The highest BCUT2D eigenvalue weighted by molar-refractivity contribution is 5.93. The first-order valence-electron chi connectivity index (χ1n) is 19.2. The molecule has 0 spiro atoms. The number of para-hydroxylation sites is 2. The number of benzene rings is 9. The molecule has 1 aliphatic rings. The van der Waals surface area contributed by atoms with Crippen LogP contribution in [0.1, 0.15) is 22.6 Å². The van der Waals surface area contributed by atoms with Gasteiger partial charge in [-0.2, -0.15) is 0 Å². The monoisotopic (exact) mass is 701 g/mol. The molecule has 0 N–H and O–H groups in total. The summed E-state index contributed by atoms with van der Waals surface area (Å²) in [7, 11) is 0. The summed E-state index contributed by atoms with van der Waals surface area (Å²) in [4.78, 5) is 2.31. The molecule has 0 heterocycles. The Kier molecular flexibility index (Phi) is 8.39. The van der Waals surface area contributed by atoms with Crippen LogP contribution in [0.5, 0.6) is 0 Å². The molecule has 9 aromatic rings. The van der Waals surface area contributed by atoms with E-state index in [-0.39, 0.29) is 0 Å². The molecule has 0 fully saturated rings. The summed E-state index contributed by atoms with van der Waals surface area (Å²) < 4.78 is 0. The number of nitrogens with zero attached hydrogens (tertiary/aromatic N) is 1. The number of fused-ring (bicyclic) bond motifs is 3. The van der Waals surface area contributed by atoms with Gasteiger partial charge in [-0.3, -0.25) is 0 Å². The molecule has 0 bridgehead atoms. The summed E-state index contributed by atoms with van der Waals surface area (Å²) in [5.74, 6) is 0.423. The van der Waals surface area contributed by atoms with E-state index >= 15 is 0 Å². The van der Waals surface area contributed by atoms with E-state index in [1.54, 1.807) is 0 Å². The van der Waals surface area contributed by atoms with Gasteiger partial charge in [-0.15, -0.1) is 0 Å². The fraction of sp³-hybridized carbons (Fsp3) is 0.0370. The van der Waals surface area contributed by atoms with Gasteiger partial charge in [-0.05, 0) is 133 Å². The van der Waals surface area contributed by atoms with Crippen LogP contribution in [-0.2, 0) is 6.42 Å². The van der Waals surface area contributed by atoms with Gasteiger partial charge >= 0.3 is 0 Å². The topological polar surface area (TPSA) is 3.24 Å². The average molecular weight is 702 g/mol. The van der Waals surface area contributed by atoms with E-state index in [4.69, 9.17) is 0 Å². The second-order valence-corrected chi connectivity index (χ2v) is 14.6. The third-order valence-electron chi connectivity index (χ3n) is 11.2. The standard InChI is InChI=1S/C54H39N/c1-3-11-52(12-4-1)55(53-13-5-2-6-14-53)54-32-31-50-36-47(27-30-51(50)37-54)42-21-19-41(20-22-42)46-26-29-48-34-45(25-28-49(48)35-46)40-17-15-39(16-18-40)44-24-23-38-9-7-8-10-43(38)33-44/h1-32,34-37,44H,33H2. The molecule has 1 heteroatoms. The Morgan fingerprint density at radius 3 is 1.33 bits per heavy atom. The number of hydrogen-bond acceptors (Lipinski definition) is 1. The molecule has 0 aromatic heterocycles. The summed E-state index contributed by atoms with van der Waals surface area (Å²) in [6.45, 7) is 0. The minimum atomic E-state index is 0.423. The van der Waals surface area contributed by atoms with E-state index in [9.17, 15) is 0 Å². The van der Waals surface area contributed by atoms with Gasteiger partial charge in [0.05, 0.1) is 0 Å². The summed E-state index contributed by atoms with van der Waals surface area (Å²) in [6.07, 6.45) is 5.68. The Bertz CT molecular complexity index is 2780. The van der Waals surface area contributed by atoms with Crippen LogP contribution >= 0.6 is 0 Å². The summed E-state index contributed by atoms with van der Waals surface area (Å²) in [5, 5.41) is 4.95. The summed E-state index contributed by atoms with van der Waals surface area (Å²) in [5.41, 5.74) is 14.9. The highest BCUT2D eigenvalue weighted by Crippen LogP contribution is 2.37. The SMILES string of the molecule is C1=CC(c2ccc(-c3ccc4cc(-c5ccc(-c6ccc7cc(N(c8ccccc8)c8ccccc8)ccc7c6)cc5)ccc4c3)cc2)Cc2ccccc21. The lowest BCUT2D eigenvalue weighted by atomic mass is 9.85. The average Bonchev–Trinajstić information content (AvgIpc) is 3.26. The Morgan fingerprint density at radius 1 is 0.345 bits per heavy atom. The van der Waals surface area contributed by atoms with Crippen molar-refractivity contribution in [2.24, 2.45) is 0 Å². The van der Waals surface area contributed by atoms with Crippen molar-refractivity contribution in [2.45, 2.75) is 12.3 Å². The van der Waals surface area contributed by atoms with Crippen LogP contribution in [-0.4, -0.2) is 0 Å². The summed E-state index contributed by atoms with van der Waals surface area (Å²) in [6, 6.07) is 75.2. The van der Waals surface area contributed by atoms with Crippen LogP contribution < -0.4 is 4.90 Å². The first-order chi connectivity index (χ1) is 27.2. The number of allylic oxidation sites excluding steroid dienone is 1. The predicted molar refractivity (Wildman–Crippen MR) is 234 cm³/mol. The zero-order chi connectivity index (χ0) is 36.6. The van der Waals surface area contributed by atoms with Gasteiger partial charge < -0.3 is 4.90 Å². The van der Waals surface area contributed by atoms with E-state index in [0.717, 1.165) is 23.5 Å². The molecule has 260 valence electrons. The molecule has 1 atom stereocenters. The van der Waals surface area contributed by atoms with Gasteiger partial charge in [0.2, 0.25) is 0 Å². The van der Waals surface area contributed by atoms with Crippen LogP contribution in [0.4, 0.5) is 17.1 Å². The molecule has 0 saturated heterocycles. The fourth-order valence-corrected chi connectivity index (χ4v) is 8.17. The molecule has 10 rings (SSSR count). The summed E-state index contributed by atoms with van der Waals surface area (Å²) >= 11 is 0. The van der Waals surface area contributed by atoms with E-state index in [1.165, 1.54) is 71.6 Å². The van der Waals surface area contributed by atoms with Crippen molar-refractivity contribution in [3.63, 3.8) is 0 Å². The lowest BCUT2D eigenvalue weighted by molar-refractivity contribution is 0.827. The highest BCUT2D eigenvalue weighted by atomic mass is 15.1. The number of hydrogen-bond donors (Lipinski definition) is 0. The highest BCUT2D eigenvalue weighted by Gasteiger charge is 2.16. The van der Waals surface area contributed by atoms with Crippen LogP contribution in [0.25, 0.3) is 61.0 Å². The van der Waals surface area contributed by atoms with Gasteiger partial charge in [0.1, 0.15) is 0 Å². The zero-order valence-electron chi connectivity index (χ0n) is 30.5. The Balaban J connectivity index is 0.860. The second kappa shape index (κ2) is 14.1. The maximum Gasteiger partial charge on any atom is 0.0468 e. The van der Waals surface area contributed by atoms with Crippen molar-refractivity contribution in [1.29, 1.82) is 0 Å². The fourth-order valence-electron chi connectivity index (χ4n) is 8.17. The minimum Gasteiger partial charge on any atom is -0.310 e. The molecule has 0 radical (unpaired) electrons. The molecule has 1 aliphatic carbocycles. The van der Waals surface area contributed by atoms with Crippen molar-refractivity contribution in [2.75, 3.05) is 4.90 Å². The van der Waals surface area contributed by atoms with E-state index in [1.807, 2.05) is 0 Å². The first kappa shape index (κ1) is 32.7. The van der Waals surface area contributed by atoms with Crippen LogP contribution in [0.15, 0.2) is 212 Å². The Morgan fingerprint density at radius 2 is 0.782 bits per heavy atom. The van der Waals surface area contributed by atoms with Crippen molar-refractivity contribution in [1.82, 2.24) is 0 Å². The second-order valence-electron chi connectivity index (χ2n) is 14.6. The van der Waals surface area contributed by atoms with E-state index in [0.29, 0.717) is 5.92 Å². The van der Waals surface area contributed by atoms with E-state index < -0.39 is 0 Å². The lowest BCUT2D eigenvalue weighted by Gasteiger charge is -2.25. The first-order valence-corrected chi connectivity index (χ1v) is 19.2. The lowest BCUT2D eigenvalue weighted by Crippen LogP contribution is -2.09. The molecular weight excluding hydrogens is 663 g/mol. The molecule has 0 amide bonds. The quantitative estimate of drug-likeness (QED) is 0.160. The van der Waals surface area contributed by atoms with Crippen LogP contribution in [0.2, 0.25) is 0 Å². The molecule has 9 aromatic carbocycles. The van der Waals surface area contributed by atoms with Gasteiger partial charge in [-0.25, -0.2) is 0 Å². The Labute approximate surface area is 323 Å². The molecule has 0 aliphatic heterocycles. The predicted octanol–water partition coefficient (Wildman–Crippen LogP) is 14.8. The molecule has 0 saturated carbocycles. The van der Waals surface area contributed by atoms with Gasteiger partial charge in [0, 0.05) is 23.0 Å². The molecule has 1 nitrogen and oxygen atoms in total. The molecule has 55 heavy (non-hydrogen) atoms. The maximum atomic E-state index is 2.35. The van der Waals surface area contributed by atoms with Crippen molar-refractivity contribution < 1.29 is 0 Å². The van der Waals surface area contributed by atoms with Crippen molar-refractivity contribution in [3.8, 4) is 33.4 Å². The molecular formula is C54H39N.